The maximum absolute atomic E-state index is 12.6. The van der Waals surface area contributed by atoms with Gasteiger partial charge in [0.05, 0.1) is 6.20 Å². The summed E-state index contributed by atoms with van der Waals surface area (Å²) in [6, 6.07) is 3.46. The Bertz CT molecular complexity index is 284. The Morgan fingerprint density at radius 2 is 2.13 bits per heavy atom. The van der Waals surface area contributed by atoms with E-state index in [1.807, 2.05) is 0 Å². The highest BCUT2D eigenvalue weighted by atomic mass is 19.1. The van der Waals surface area contributed by atoms with E-state index in [0.717, 1.165) is 12.2 Å². The third-order valence-corrected chi connectivity index (χ3v) is 2.57. The molecule has 0 aliphatic rings. The number of pyridine rings is 1. The summed E-state index contributed by atoms with van der Waals surface area (Å²) in [6.45, 7) is 6.54. The van der Waals surface area contributed by atoms with Crippen LogP contribution in [0.3, 0.4) is 0 Å². The first kappa shape index (κ1) is 12.0. The first-order chi connectivity index (χ1) is 7.11. The van der Waals surface area contributed by atoms with Crippen LogP contribution in [0.25, 0.3) is 0 Å². The molecule has 2 nitrogen and oxygen atoms in total. The van der Waals surface area contributed by atoms with Crippen LogP contribution >= 0.6 is 0 Å². The molecule has 84 valence electrons. The molecular formula is C12H19FN2. The molecule has 3 heteroatoms. The van der Waals surface area contributed by atoms with E-state index in [1.165, 1.54) is 18.7 Å². The molecule has 0 aromatic carbocycles. The Balaban J connectivity index is 2.44. The van der Waals surface area contributed by atoms with Crippen LogP contribution in [0.5, 0.6) is 0 Å². The molecule has 0 amide bonds. The van der Waals surface area contributed by atoms with Crippen molar-refractivity contribution < 1.29 is 4.39 Å². The molecule has 0 aliphatic carbocycles. The Kier molecular flexibility index (Phi) is 4.53. The smallest absolute Gasteiger partial charge is 0.141 e. The van der Waals surface area contributed by atoms with Crippen LogP contribution in [0.2, 0.25) is 0 Å². The summed E-state index contributed by atoms with van der Waals surface area (Å²) < 4.78 is 12.6. The number of halogens is 1. The van der Waals surface area contributed by atoms with Crippen molar-refractivity contribution in [1.82, 2.24) is 4.98 Å². The van der Waals surface area contributed by atoms with Gasteiger partial charge >= 0.3 is 0 Å². The number of rotatable bonds is 5. The molecule has 1 aromatic rings. The zero-order valence-electron chi connectivity index (χ0n) is 9.63. The number of nitrogens with zero attached hydrogens (tertiary/aromatic N) is 1. The topological polar surface area (TPSA) is 24.9 Å². The van der Waals surface area contributed by atoms with Gasteiger partial charge in [0.2, 0.25) is 0 Å². The Morgan fingerprint density at radius 3 is 2.67 bits per heavy atom. The van der Waals surface area contributed by atoms with Crippen LogP contribution in [-0.2, 0) is 0 Å². The molecule has 2 atom stereocenters. The van der Waals surface area contributed by atoms with Crippen LogP contribution < -0.4 is 5.32 Å². The van der Waals surface area contributed by atoms with E-state index in [4.69, 9.17) is 0 Å². The van der Waals surface area contributed by atoms with Crippen LogP contribution in [0, 0.1) is 11.7 Å². The van der Waals surface area contributed by atoms with Crippen LogP contribution in [-0.4, -0.2) is 11.0 Å². The van der Waals surface area contributed by atoms with Crippen molar-refractivity contribution in [2.45, 2.75) is 39.7 Å². The van der Waals surface area contributed by atoms with Crippen LogP contribution in [0.15, 0.2) is 18.3 Å². The molecule has 0 bridgehead atoms. The summed E-state index contributed by atoms with van der Waals surface area (Å²) in [4.78, 5) is 3.97. The first-order valence-electron chi connectivity index (χ1n) is 5.50. The number of anilines is 1. The van der Waals surface area contributed by atoms with E-state index in [9.17, 15) is 4.39 Å². The van der Waals surface area contributed by atoms with Crippen molar-refractivity contribution in [2.75, 3.05) is 5.32 Å². The van der Waals surface area contributed by atoms with Crippen molar-refractivity contribution in [3.05, 3.63) is 24.1 Å². The zero-order valence-corrected chi connectivity index (χ0v) is 9.63. The van der Waals surface area contributed by atoms with Crippen LogP contribution in [0.1, 0.15) is 33.6 Å². The Morgan fingerprint density at radius 1 is 1.40 bits per heavy atom. The summed E-state index contributed by atoms with van der Waals surface area (Å²) in [5.74, 6) is 1.15. The van der Waals surface area contributed by atoms with Crippen molar-refractivity contribution in [1.29, 1.82) is 0 Å². The number of aromatic nitrogens is 1. The van der Waals surface area contributed by atoms with Crippen molar-refractivity contribution in [3.8, 4) is 0 Å². The molecule has 1 rings (SSSR count). The van der Waals surface area contributed by atoms with Gasteiger partial charge in [0.15, 0.2) is 0 Å². The number of nitrogens with one attached hydrogen (secondary N) is 1. The summed E-state index contributed by atoms with van der Waals surface area (Å²) in [6.07, 6.45) is 3.52. The summed E-state index contributed by atoms with van der Waals surface area (Å²) in [5.41, 5.74) is 0. The highest BCUT2D eigenvalue weighted by Crippen LogP contribution is 2.13. The lowest BCUT2D eigenvalue weighted by atomic mass is 10.0. The summed E-state index contributed by atoms with van der Waals surface area (Å²) in [7, 11) is 0. The van der Waals surface area contributed by atoms with E-state index in [0.29, 0.717) is 12.0 Å². The average Bonchev–Trinajstić information content (AvgIpc) is 2.21. The normalized spacial score (nSPS) is 14.7. The zero-order chi connectivity index (χ0) is 11.3. The molecule has 1 N–H and O–H groups in total. The monoisotopic (exact) mass is 210 g/mol. The Hall–Kier alpha value is -1.12. The standard InChI is InChI=1S/C12H19FN2/c1-4-9(2)7-10(3)15-12-6-5-11(13)8-14-12/h5-6,8-10H,4,7H2,1-3H3,(H,14,15). The predicted molar refractivity (Wildman–Crippen MR) is 61.4 cm³/mol. The first-order valence-corrected chi connectivity index (χ1v) is 5.50. The average molecular weight is 210 g/mol. The highest BCUT2D eigenvalue weighted by Gasteiger charge is 2.07. The minimum atomic E-state index is -0.296. The van der Waals surface area contributed by atoms with Crippen LogP contribution in [0.4, 0.5) is 10.2 Å². The summed E-state index contributed by atoms with van der Waals surface area (Å²) in [5, 5.41) is 3.26. The van der Waals surface area contributed by atoms with E-state index >= 15 is 0 Å². The lowest BCUT2D eigenvalue weighted by molar-refractivity contribution is 0.483. The van der Waals surface area contributed by atoms with Crippen molar-refractivity contribution in [2.24, 2.45) is 5.92 Å². The maximum Gasteiger partial charge on any atom is 0.141 e. The fourth-order valence-electron chi connectivity index (χ4n) is 1.54. The van der Waals surface area contributed by atoms with Gasteiger partial charge in [-0.2, -0.15) is 0 Å². The van der Waals surface area contributed by atoms with Crippen molar-refractivity contribution >= 4 is 5.82 Å². The molecule has 0 fully saturated rings. The molecule has 0 saturated heterocycles. The molecule has 15 heavy (non-hydrogen) atoms. The Labute approximate surface area is 90.9 Å². The molecule has 0 radical (unpaired) electrons. The minimum Gasteiger partial charge on any atom is -0.368 e. The predicted octanol–water partition coefficient (Wildman–Crippen LogP) is 3.46. The highest BCUT2D eigenvalue weighted by molar-refractivity contribution is 5.34. The van der Waals surface area contributed by atoms with Gasteiger partial charge < -0.3 is 5.32 Å². The third kappa shape index (κ3) is 4.28. The van der Waals surface area contributed by atoms with E-state index in [1.54, 1.807) is 6.07 Å². The largest absolute Gasteiger partial charge is 0.368 e. The quantitative estimate of drug-likeness (QED) is 0.805. The second-order valence-electron chi connectivity index (χ2n) is 4.16. The molecule has 0 aliphatic heterocycles. The van der Waals surface area contributed by atoms with E-state index < -0.39 is 0 Å². The van der Waals surface area contributed by atoms with Gasteiger partial charge in [-0.15, -0.1) is 0 Å². The SMILES string of the molecule is CCC(C)CC(C)Nc1ccc(F)cn1. The molecular weight excluding hydrogens is 191 g/mol. The van der Waals surface area contributed by atoms with Gasteiger partial charge in [-0.25, -0.2) is 9.37 Å². The molecule has 1 aromatic heterocycles. The lowest BCUT2D eigenvalue weighted by Crippen LogP contribution is -2.18. The van der Waals surface area contributed by atoms with Crippen molar-refractivity contribution in [3.63, 3.8) is 0 Å². The second-order valence-corrected chi connectivity index (χ2v) is 4.16. The number of hydrogen-bond acceptors (Lipinski definition) is 2. The van der Waals surface area contributed by atoms with E-state index in [-0.39, 0.29) is 5.82 Å². The lowest BCUT2D eigenvalue weighted by Gasteiger charge is -2.17. The third-order valence-electron chi connectivity index (χ3n) is 2.57. The van der Waals surface area contributed by atoms with Gasteiger partial charge in [-0.05, 0) is 31.4 Å². The van der Waals surface area contributed by atoms with Gasteiger partial charge in [0.25, 0.3) is 0 Å². The molecule has 0 spiro atoms. The van der Waals surface area contributed by atoms with Gasteiger partial charge in [0, 0.05) is 6.04 Å². The molecule has 1 heterocycles. The fourth-order valence-corrected chi connectivity index (χ4v) is 1.54. The van der Waals surface area contributed by atoms with E-state index in [2.05, 4.69) is 31.1 Å². The minimum absolute atomic E-state index is 0.296. The maximum atomic E-state index is 12.6. The second kappa shape index (κ2) is 5.69. The van der Waals surface area contributed by atoms with Gasteiger partial charge in [-0.3, -0.25) is 0 Å². The van der Waals surface area contributed by atoms with Gasteiger partial charge in [0.1, 0.15) is 11.6 Å². The molecule has 0 saturated carbocycles. The number of hydrogen-bond donors (Lipinski definition) is 1. The molecule has 2 unspecified atom stereocenters. The van der Waals surface area contributed by atoms with Gasteiger partial charge in [-0.1, -0.05) is 20.3 Å². The fraction of sp³-hybridized carbons (Fsp3) is 0.583. The summed E-state index contributed by atoms with van der Waals surface area (Å²) >= 11 is 0.